The minimum atomic E-state index is 0.119. The first kappa shape index (κ1) is 15.6. The zero-order valence-corrected chi connectivity index (χ0v) is 13.7. The van der Waals surface area contributed by atoms with E-state index in [9.17, 15) is 0 Å². The van der Waals surface area contributed by atoms with Gasteiger partial charge in [0.15, 0.2) is 0 Å². The minimum absolute atomic E-state index is 0.119. The van der Waals surface area contributed by atoms with Crippen molar-refractivity contribution in [2.24, 2.45) is 10.7 Å². The summed E-state index contributed by atoms with van der Waals surface area (Å²) in [7, 11) is 0. The summed E-state index contributed by atoms with van der Waals surface area (Å²) in [6, 6.07) is 0.423. The average molecular weight is 280 g/mol. The lowest BCUT2D eigenvalue weighted by Gasteiger charge is -2.52. The molecular formula is C16H32N4. The fourth-order valence-electron chi connectivity index (χ4n) is 3.85. The molecule has 4 heteroatoms. The topological polar surface area (TPSA) is 53.6 Å². The van der Waals surface area contributed by atoms with E-state index in [0.717, 1.165) is 0 Å². The van der Waals surface area contributed by atoms with Crippen molar-refractivity contribution in [1.29, 1.82) is 0 Å². The number of nitrogens with two attached hydrogens (primary N) is 1. The van der Waals surface area contributed by atoms with Gasteiger partial charge in [0, 0.05) is 11.1 Å². The monoisotopic (exact) mass is 280 g/mol. The maximum Gasteiger partial charge on any atom is 0.203 e. The van der Waals surface area contributed by atoms with Crippen LogP contribution in [0.4, 0.5) is 0 Å². The van der Waals surface area contributed by atoms with Crippen molar-refractivity contribution in [2.45, 2.75) is 96.2 Å². The van der Waals surface area contributed by atoms with E-state index >= 15 is 0 Å². The summed E-state index contributed by atoms with van der Waals surface area (Å²) >= 11 is 0. The Morgan fingerprint density at radius 3 is 2.10 bits per heavy atom. The number of nitrogens with one attached hydrogen (secondary N) is 1. The first-order chi connectivity index (χ1) is 9.31. The summed E-state index contributed by atoms with van der Waals surface area (Å²) < 4.78 is 0. The van der Waals surface area contributed by atoms with Crippen molar-refractivity contribution >= 4 is 5.96 Å². The summed E-state index contributed by atoms with van der Waals surface area (Å²) in [4.78, 5) is 4.70. The van der Waals surface area contributed by atoms with Crippen LogP contribution in [0.15, 0.2) is 4.99 Å². The number of rotatable bonds is 2. The second kappa shape index (κ2) is 5.92. The first-order valence-electron chi connectivity index (χ1n) is 8.21. The van der Waals surface area contributed by atoms with Crippen LogP contribution in [0.5, 0.6) is 0 Å². The molecular weight excluding hydrogens is 248 g/mol. The van der Waals surface area contributed by atoms with Crippen molar-refractivity contribution < 1.29 is 0 Å². The maximum absolute atomic E-state index is 6.17. The molecule has 1 aliphatic heterocycles. The van der Waals surface area contributed by atoms with Gasteiger partial charge in [-0.1, -0.05) is 19.3 Å². The van der Waals surface area contributed by atoms with Gasteiger partial charge in [-0.15, -0.1) is 0 Å². The fourth-order valence-corrected chi connectivity index (χ4v) is 3.85. The molecule has 4 nitrogen and oxygen atoms in total. The van der Waals surface area contributed by atoms with E-state index in [1.807, 2.05) is 0 Å². The number of hydrazine groups is 1. The van der Waals surface area contributed by atoms with Gasteiger partial charge < -0.3 is 5.73 Å². The third kappa shape index (κ3) is 3.66. The van der Waals surface area contributed by atoms with Gasteiger partial charge in [0.05, 0.1) is 6.04 Å². The van der Waals surface area contributed by atoms with Crippen molar-refractivity contribution in [3.05, 3.63) is 0 Å². The summed E-state index contributed by atoms with van der Waals surface area (Å²) in [5, 5.41) is 2.32. The molecule has 2 aliphatic rings. The molecule has 0 aromatic carbocycles. The fraction of sp³-hybridized carbons (Fsp3) is 0.938. The number of piperidine rings is 1. The molecule has 0 aromatic rings. The standard InChI is InChI=1S/C16H32N4/c1-15(2)11-8-12-16(3,4)20(15)19-14(17)18-13-9-6-5-7-10-13/h13H,5-12H2,1-4H3,(H3,17,18,19). The summed E-state index contributed by atoms with van der Waals surface area (Å²) in [5.74, 6) is 0.597. The molecule has 0 spiro atoms. The van der Waals surface area contributed by atoms with Crippen LogP contribution in [0.3, 0.4) is 0 Å². The van der Waals surface area contributed by atoms with Gasteiger partial charge >= 0.3 is 0 Å². The third-order valence-corrected chi connectivity index (χ3v) is 4.91. The molecule has 2 fully saturated rings. The Morgan fingerprint density at radius 1 is 1.00 bits per heavy atom. The van der Waals surface area contributed by atoms with Crippen molar-refractivity contribution in [1.82, 2.24) is 10.4 Å². The largest absolute Gasteiger partial charge is 0.369 e. The number of nitrogens with zero attached hydrogens (tertiary/aromatic N) is 2. The van der Waals surface area contributed by atoms with Gasteiger partial charge in [0.2, 0.25) is 5.96 Å². The van der Waals surface area contributed by atoms with Crippen LogP contribution in [0.25, 0.3) is 0 Å². The molecule has 1 aliphatic carbocycles. The van der Waals surface area contributed by atoms with E-state index < -0.39 is 0 Å². The van der Waals surface area contributed by atoms with Crippen LogP contribution in [-0.4, -0.2) is 28.1 Å². The summed E-state index contributed by atoms with van der Waals surface area (Å²) in [6.07, 6.45) is 9.98. The minimum Gasteiger partial charge on any atom is -0.369 e. The molecule has 0 radical (unpaired) electrons. The van der Waals surface area contributed by atoms with Gasteiger partial charge in [-0.3, -0.25) is 5.43 Å². The van der Waals surface area contributed by atoms with Crippen molar-refractivity contribution in [3.8, 4) is 0 Å². The van der Waals surface area contributed by atoms with Gasteiger partial charge in [-0.2, -0.15) is 0 Å². The second-order valence-electron chi connectivity index (χ2n) is 7.73. The predicted octanol–water partition coefficient (Wildman–Crippen LogP) is 3.18. The molecule has 0 amide bonds. The van der Waals surface area contributed by atoms with Crippen molar-refractivity contribution in [2.75, 3.05) is 0 Å². The van der Waals surface area contributed by atoms with Crippen LogP contribution in [-0.2, 0) is 0 Å². The van der Waals surface area contributed by atoms with E-state index in [1.54, 1.807) is 0 Å². The number of hydrogen-bond donors (Lipinski definition) is 2. The Morgan fingerprint density at radius 2 is 1.55 bits per heavy atom. The van der Waals surface area contributed by atoms with Crippen LogP contribution in [0, 0.1) is 0 Å². The Balaban J connectivity index is 2.03. The number of hydrogen-bond acceptors (Lipinski definition) is 2. The van der Waals surface area contributed by atoms with E-state index in [-0.39, 0.29) is 11.1 Å². The third-order valence-electron chi connectivity index (χ3n) is 4.91. The van der Waals surface area contributed by atoms with Gasteiger partial charge in [0.25, 0.3) is 0 Å². The highest BCUT2D eigenvalue weighted by atomic mass is 15.6. The van der Waals surface area contributed by atoms with Crippen LogP contribution in [0.2, 0.25) is 0 Å². The summed E-state index contributed by atoms with van der Waals surface area (Å²) in [5.41, 5.74) is 9.82. The zero-order chi connectivity index (χ0) is 14.8. The van der Waals surface area contributed by atoms with Gasteiger partial charge in [-0.25, -0.2) is 10.0 Å². The molecule has 0 unspecified atom stereocenters. The Kier molecular flexibility index (Phi) is 4.62. The summed E-state index contributed by atoms with van der Waals surface area (Å²) in [6.45, 7) is 9.15. The van der Waals surface area contributed by atoms with E-state index in [1.165, 1.54) is 51.4 Å². The number of guanidine groups is 1. The number of aliphatic imine (C=N–C) groups is 1. The van der Waals surface area contributed by atoms with Gasteiger partial charge in [0.1, 0.15) is 0 Å². The van der Waals surface area contributed by atoms with Crippen LogP contribution in [0.1, 0.15) is 79.1 Å². The SMILES string of the molecule is CC1(C)CCCC(C)(C)N1NC(N)=NC1CCCCC1. The van der Waals surface area contributed by atoms with Crippen LogP contribution < -0.4 is 11.2 Å². The smallest absolute Gasteiger partial charge is 0.203 e. The van der Waals surface area contributed by atoms with E-state index in [4.69, 9.17) is 10.7 Å². The van der Waals surface area contributed by atoms with Gasteiger partial charge in [-0.05, 0) is 59.8 Å². The second-order valence-corrected chi connectivity index (χ2v) is 7.73. The van der Waals surface area contributed by atoms with Crippen molar-refractivity contribution in [3.63, 3.8) is 0 Å². The highest BCUT2D eigenvalue weighted by Gasteiger charge is 2.41. The molecule has 1 saturated carbocycles. The first-order valence-corrected chi connectivity index (χ1v) is 8.21. The molecule has 3 N–H and O–H groups in total. The molecule has 0 aromatic heterocycles. The molecule has 0 atom stereocenters. The Hall–Kier alpha value is -0.770. The van der Waals surface area contributed by atoms with E-state index in [0.29, 0.717) is 12.0 Å². The molecule has 116 valence electrons. The predicted molar refractivity (Wildman–Crippen MR) is 85.5 cm³/mol. The maximum atomic E-state index is 6.17. The molecule has 20 heavy (non-hydrogen) atoms. The zero-order valence-electron chi connectivity index (χ0n) is 13.7. The Labute approximate surface area is 124 Å². The Bertz CT molecular complexity index is 337. The lowest BCUT2D eigenvalue weighted by atomic mass is 9.82. The quantitative estimate of drug-likeness (QED) is 0.603. The highest BCUT2D eigenvalue weighted by molar-refractivity contribution is 5.77. The average Bonchev–Trinajstić information content (AvgIpc) is 2.35. The highest BCUT2D eigenvalue weighted by Crippen LogP contribution is 2.36. The lowest BCUT2D eigenvalue weighted by molar-refractivity contribution is -0.0514. The van der Waals surface area contributed by atoms with E-state index in [2.05, 4.69) is 38.1 Å². The lowest BCUT2D eigenvalue weighted by Crippen LogP contribution is -2.66. The molecule has 1 saturated heterocycles. The molecule has 0 bridgehead atoms. The van der Waals surface area contributed by atoms with Crippen LogP contribution >= 0.6 is 0 Å². The normalized spacial score (nSPS) is 28.3. The molecule has 1 heterocycles. The molecule has 2 rings (SSSR count).